The van der Waals surface area contributed by atoms with Gasteiger partial charge in [-0.1, -0.05) is 30.3 Å². The van der Waals surface area contributed by atoms with Gasteiger partial charge in [0.05, 0.1) is 5.92 Å². The van der Waals surface area contributed by atoms with Crippen LogP contribution in [0.5, 0.6) is 0 Å². The molecule has 1 fully saturated rings. The van der Waals surface area contributed by atoms with Gasteiger partial charge in [-0.2, -0.15) is 0 Å². The van der Waals surface area contributed by atoms with Gasteiger partial charge in [0.25, 0.3) is 0 Å². The predicted octanol–water partition coefficient (Wildman–Crippen LogP) is 2.23. The summed E-state index contributed by atoms with van der Waals surface area (Å²) in [6.07, 6.45) is 2.08. The molecule has 0 spiro atoms. The summed E-state index contributed by atoms with van der Waals surface area (Å²) in [4.78, 5) is 12.2. The topological polar surface area (TPSA) is 53.2 Å². The van der Waals surface area contributed by atoms with Crippen LogP contribution < -0.4 is 16.0 Å². The number of hydrogen-bond donors (Lipinski definition) is 3. The highest BCUT2D eigenvalue weighted by atomic mass is 16.1. The molecule has 1 saturated heterocycles. The second kappa shape index (κ2) is 7.75. The van der Waals surface area contributed by atoms with Crippen LogP contribution in [0.3, 0.4) is 0 Å². The van der Waals surface area contributed by atoms with Crippen LogP contribution in [-0.2, 0) is 4.79 Å². The van der Waals surface area contributed by atoms with E-state index in [1.54, 1.807) is 0 Å². The van der Waals surface area contributed by atoms with Gasteiger partial charge in [0, 0.05) is 24.7 Å². The summed E-state index contributed by atoms with van der Waals surface area (Å²) in [5, 5.41) is 10.00. The molecule has 0 saturated carbocycles. The molecule has 0 aromatic heterocycles. The minimum Gasteiger partial charge on any atom is -0.354 e. The summed E-state index contributed by atoms with van der Waals surface area (Å²) in [5.41, 5.74) is 1.12. The molecular weight excluding hydrogens is 274 g/mol. The zero-order valence-electron chi connectivity index (χ0n) is 14.0. The number of carbonyl (C=O) groups is 1. The molecule has 0 bridgehead atoms. The van der Waals surface area contributed by atoms with E-state index in [1.807, 2.05) is 6.07 Å². The zero-order chi connectivity index (χ0) is 16.0. The molecule has 1 heterocycles. The van der Waals surface area contributed by atoms with E-state index in [9.17, 15) is 4.79 Å². The number of amides is 1. The van der Waals surface area contributed by atoms with Crippen molar-refractivity contribution in [1.82, 2.24) is 16.0 Å². The number of piperidine rings is 1. The van der Waals surface area contributed by atoms with Crippen molar-refractivity contribution >= 4 is 5.91 Å². The molecule has 1 aliphatic rings. The molecular formula is C18H29N3O. The van der Waals surface area contributed by atoms with E-state index in [2.05, 4.69) is 61.0 Å². The third-order valence-corrected chi connectivity index (χ3v) is 4.28. The van der Waals surface area contributed by atoms with Crippen molar-refractivity contribution in [2.24, 2.45) is 5.92 Å². The van der Waals surface area contributed by atoms with Crippen molar-refractivity contribution in [2.45, 2.75) is 45.2 Å². The lowest BCUT2D eigenvalue weighted by atomic mass is 9.97. The molecule has 2 rings (SSSR count). The standard InChI is InChI=1S/C18H29N3O/c1-14(15-8-5-4-6-9-15)21-18(2,3)13-20-17(22)16-10-7-11-19-12-16/h4-6,8-9,14,16,19,21H,7,10-13H2,1-3H3,(H,20,22). The molecule has 3 N–H and O–H groups in total. The summed E-state index contributed by atoms with van der Waals surface area (Å²) in [5.74, 6) is 0.297. The monoisotopic (exact) mass is 303 g/mol. The van der Waals surface area contributed by atoms with Crippen LogP contribution in [0.15, 0.2) is 30.3 Å². The second-order valence-corrected chi connectivity index (χ2v) is 6.92. The fraction of sp³-hybridized carbons (Fsp3) is 0.611. The maximum absolute atomic E-state index is 12.2. The third-order valence-electron chi connectivity index (χ3n) is 4.28. The summed E-state index contributed by atoms with van der Waals surface area (Å²) >= 11 is 0. The second-order valence-electron chi connectivity index (χ2n) is 6.92. The van der Waals surface area contributed by atoms with Crippen molar-refractivity contribution in [3.05, 3.63) is 35.9 Å². The lowest BCUT2D eigenvalue weighted by molar-refractivity contribution is -0.125. The molecule has 4 nitrogen and oxygen atoms in total. The van der Waals surface area contributed by atoms with Crippen LogP contribution in [0.25, 0.3) is 0 Å². The average Bonchev–Trinajstić information content (AvgIpc) is 2.54. The maximum Gasteiger partial charge on any atom is 0.224 e. The Morgan fingerprint density at radius 1 is 1.36 bits per heavy atom. The minimum atomic E-state index is -0.146. The summed E-state index contributed by atoms with van der Waals surface area (Å²) in [6, 6.07) is 10.6. The van der Waals surface area contributed by atoms with Crippen molar-refractivity contribution in [1.29, 1.82) is 0 Å². The molecule has 1 aliphatic heterocycles. The molecule has 1 aromatic carbocycles. The first-order valence-electron chi connectivity index (χ1n) is 8.29. The summed E-state index contributed by atoms with van der Waals surface area (Å²) < 4.78 is 0. The third kappa shape index (κ3) is 5.11. The normalized spacial score (nSPS) is 20.4. The first-order chi connectivity index (χ1) is 10.5. The zero-order valence-corrected chi connectivity index (χ0v) is 14.0. The smallest absolute Gasteiger partial charge is 0.224 e. The van der Waals surface area contributed by atoms with E-state index in [1.165, 1.54) is 5.56 Å². The fourth-order valence-electron chi connectivity index (χ4n) is 2.99. The quantitative estimate of drug-likeness (QED) is 0.755. The van der Waals surface area contributed by atoms with Crippen LogP contribution in [0.4, 0.5) is 0 Å². The Balaban J connectivity index is 1.81. The van der Waals surface area contributed by atoms with E-state index < -0.39 is 0 Å². The Bertz CT molecular complexity index is 466. The van der Waals surface area contributed by atoms with Crippen molar-refractivity contribution in [3.8, 4) is 0 Å². The SMILES string of the molecule is CC(NC(C)(C)CNC(=O)C1CCCNC1)c1ccccc1. The van der Waals surface area contributed by atoms with Gasteiger partial charge < -0.3 is 16.0 Å². The molecule has 2 unspecified atom stereocenters. The van der Waals surface area contributed by atoms with Crippen LogP contribution >= 0.6 is 0 Å². The molecule has 1 aromatic rings. The number of benzene rings is 1. The largest absolute Gasteiger partial charge is 0.354 e. The minimum absolute atomic E-state index is 0.121. The van der Waals surface area contributed by atoms with Gasteiger partial charge in [-0.3, -0.25) is 4.79 Å². The molecule has 0 radical (unpaired) electrons. The van der Waals surface area contributed by atoms with Crippen LogP contribution in [0.2, 0.25) is 0 Å². The van der Waals surface area contributed by atoms with Crippen LogP contribution in [-0.4, -0.2) is 31.1 Å². The number of rotatable bonds is 6. The first kappa shape index (κ1) is 17.0. The van der Waals surface area contributed by atoms with Gasteiger partial charge in [-0.25, -0.2) is 0 Å². The summed E-state index contributed by atoms with van der Waals surface area (Å²) in [7, 11) is 0. The Hall–Kier alpha value is -1.39. The molecule has 22 heavy (non-hydrogen) atoms. The first-order valence-corrected chi connectivity index (χ1v) is 8.29. The van der Waals surface area contributed by atoms with Crippen LogP contribution in [0.1, 0.15) is 45.2 Å². The van der Waals surface area contributed by atoms with Crippen molar-refractivity contribution < 1.29 is 4.79 Å². The van der Waals surface area contributed by atoms with Gasteiger partial charge in [0.2, 0.25) is 5.91 Å². The molecule has 2 atom stereocenters. The number of hydrogen-bond acceptors (Lipinski definition) is 3. The average molecular weight is 303 g/mol. The number of carbonyl (C=O) groups excluding carboxylic acids is 1. The van der Waals surface area contributed by atoms with Gasteiger partial charge in [0.1, 0.15) is 0 Å². The molecule has 0 aliphatic carbocycles. The van der Waals surface area contributed by atoms with Crippen molar-refractivity contribution in [3.63, 3.8) is 0 Å². The highest BCUT2D eigenvalue weighted by Gasteiger charge is 2.25. The van der Waals surface area contributed by atoms with E-state index in [4.69, 9.17) is 0 Å². The van der Waals surface area contributed by atoms with Gasteiger partial charge in [-0.15, -0.1) is 0 Å². The van der Waals surface area contributed by atoms with Crippen LogP contribution in [0, 0.1) is 5.92 Å². The Morgan fingerprint density at radius 3 is 2.73 bits per heavy atom. The highest BCUT2D eigenvalue weighted by Crippen LogP contribution is 2.16. The lowest BCUT2D eigenvalue weighted by Crippen LogP contribution is -2.51. The van der Waals surface area contributed by atoms with E-state index in [0.29, 0.717) is 6.54 Å². The molecule has 122 valence electrons. The van der Waals surface area contributed by atoms with Crippen molar-refractivity contribution in [2.75, 3.05) is 19.6 Å². The molecule has 1 amide bonds. The van der Waals surface area contributed by atoms with E-state index in [0.717, 1.165) is 25.9 Å². The van der Waals surface area contributed by atoms with E-state index in [-0.39, 0.29) is 23.4 Å². The number of nitrogens with one attached hydrogen (secondary N) is 3. The predicted molar refractivity (Wildman–Crippen MR) is 90.7 cm³/mol. The fourth-order valence-corrected chi connectivity index (χ4v) is 2.99. The van der Waals surface area contributed by atoms with E-state index >= 15 is 0 Å². The van der Waals surface area contributed by atoms with Gasteiger partial charge in [-0.05, 0) is 45.7 Å². The van der Waals surface area contributed by atoms with Gasteiger partial charge in [0.15, 0.2) is 0 Å². The maximum atomic E-state index is 12.2. The summed E-state index contributed by atoms with van der Waals surface area (Å²) in [6.45, 7) is 8.90. The lowest BCUT2D eigenvalue weighted by Gasteiger charge is -2.32. The highest BCUT2D eigenvalue weighted by molar-refractivity contribution is 5.79. The Morgan fingerprint density at radius 2 is 2.09 bits per heavy atom. The Labute approximate surface area is 134 Å². The Kier molecular flexibility index (Phi) is 5.98. The van der Waals surface area contributed by atoms with Gasteiger partial charge >= 0.3 is 0 Å². The molecule has 4 heteroatoms.